The van der Waals surface area contributed by atoms with Crippen LogP contribution in [0.2, 0.25) is 5.02 Å². The lowest BCUT2D eigenvalue weighted by Crippen LogP contribution is -2.31. The van der Waals surface area contributed by atoms with Crippen LogP contribution in [0.15, 0.2) is 42.5 Å². The maximum Gasteiger partial charge on any atom is 0.278 e. The van der Waals surface area contributed by atoms with Gasteiger partial charge >= 0.3 is 0 Å². The zero-order chi connectivity index (χ0) is 18.1. The van der Waals surface area contributed by atoms with Gasteiger partial charge < -0.3 is 4.74 Å². The molecule has 4 nitrogen and oxygen atoms in total. The lowest BCUT2D eigenvalue weighted by atomic mass is 9.83. The molecule has 2 aromatic carbocycles. The molecule has 0 N–H and O–H groups in total. The van der Waals surface area contributed by atoms with E-state index in [2.05, 4.69) is 0 Å². The number of non-ortho nitro benzene ring substituents is 1. The monoisotopic (exact) mass is 355 g/mol. The molecule has 128 valence electrons. The average molecular weight is 356 g/mol. The lowest BCUT2D eigenvalue weighted by Gasteiger charge is -2.30. The Labute approximate surface area is 143 Å². The van der Waals surface area contributed by atoms with Crippen LogP contribution in [0.3, 0.4) is 0 Å². The molecule has 0 aliphatic heterocycles. The minimum Gasteiger partial charge on any atom is -0.456 e. The number of ether oxygens (including phenoxy) is 1. The first-order chi connectivity index (χ1) is 11.0. The van der Waals surface area contributed by atoms with Gasteiger partial charge in [-0.25, -0.2) is 8.78 Å². The number of hydrogen-bond donors (Lipinski definition) is 0. The number of nitro groups is 1. The zero-order valence-corrected chi connectivity index (χ0v) is 14.1. The van der Waals surface area contributed by atoms with Crippen molar-refractivity contribution >= 4 is 17.3 Å². The summed E-state index contributed by atoms with van der Waals surface area (Å²) in [6, 6.07) is 9.25. The molecule has 7 heteroatoms. The number of alkyl halides is 2. The van der Waals surface area contributed by atoms with E-state index in [-0.39, 0.29) is 27.8 Å². The fourth-order valence-corrected chi connectivity index (χ4v) is 2.21. The van der Waals surface area contributed by atoms with Crippen molar-refractivity contribution < 1.29 is 18.4 Å². The number of rotatable bonds is 4. The highest BCUT2D eigenvalue weighted by Crippen LogP contribution is 2.45. The largest absolute Gasteiger partial charge is 0.456 e. The van der Waals surface area contributed by atoms with Crippen LogP contribution in [0.25, 0.3) is 0 Å². The van der Waals surface area contributed by atoms with Crippen molar-refractivity contribution in [3.63, 3.8) is 0 Å². The molecule has 2 rings (SSSR count). The highest BCUT2D eigenvalue weighted by atomic mass is 35.5. The number of nitrogens with zero attached hydrogens (tertiary/aromatic N) is 1. The Morgan fingerprint density at radius 2 is 1.79 bits per heavy atom. The molecule has 0 spiro atoms. The van der Waals surface area contributed by atoms with Crippen molar-refractivity contribution in [1.82, 2.24) is 0 Å². The van der Waals surface area contributed by atoms with E-state index in [1.807, 2.05) is 0 Å². The van der Waals surface area contributed by atoms with E-state index in [1.165, 1.54) is 57.2 Å². The van der Waals surface area contributed by atoms with Crippen molar-refractivity contribution in [3.8, 4) is 11.5 Å². The summed E-state index contributed by atoms with van der Waals surface area (Å²) in [5, 5.41) is 10.7. The van der Waals surface area contributed by atoms with Gasteiger partial charge in [0.1, 0.15) is 11.5 Å². The van der Waals surface area contributed by atoms with Crippen LogP contribution in [-0.4, -0.2) is 4.92 Å². The SMILES string of the molecule is CC(C)(C)C(F)(F)c1cccc(Oc2ccc([N+](=O)[O-])cc2Cl)c1. The molecule has 0 saturated carbocycles. The van der Waals surface area contributed by atoms with Crippen molar-refractivity contribution in [3.05, 3.63) is 63.2 Å². The number of halogens is 3. The summed E-state index contributed by atoms with van der Waals surface area (Å²) in [4.78, 5) is 10.1. The van der Waals surface area contributed by atoms with Crippen LogP contribution < -0.4 is 4.74 Å². The van der Waals surface area contributed by atoms with Crippen LogP contribution >= 0.6 is 11.6 Å². The molecule has 0 heterocycles. The van der Waals surface area contributed by atoms with E-state index < -0.39 is 16.3 Å². The van der Waals surface area contributed by atoms with E-state index >= 15 is 0 Å². The summed E-state index contributed by atoms with van der Waals surface area (Å²) in [5.74, 6) is -2.73. The molecule has 0 aliphatic rings. The second kappa shape index (κ2) is 6.36. The molecule has 0 bridgehead atoms. The second-order valence-corrected chi connectivity index (χ2v) is 6.73. The topological polar surface area (TPSA) is 52.4 Å². The van der Waals surface area contributed by atoms with E-state index in [0.717, 1.165) is 6.07 Å². The normalized spacial score (nSPS) is 12.1. The molecule has 0 unspecified atom stereocenters. The molecule has 2 aromatic rings. The van der Waals surface area contributed by atoms with E-state index in [9.17, 15) is 18.9 Å². The Balaban J connectivity index is 2.32. The first-order valence-corrected chi connectivity index (χ1v) is 7.50. The third-order valence-electron chi connectivity index (χ3n) is 3.49. The summed E-state index contributed by atoms with van der Waals surface area (Å²) < 4.78 is 34.4. The van der Waals surface area contributed by atoms with Gasteiger partial charge in [-0.05, 0) is 18.2 Å². The second-order valence-electron chi connectivity index (χ2n) is 6.33. The molecule has 0 radical (unpaired) electrons. The Morgan fingerprint density at radius 1 is 1.12 bits per heavy atom. The van der Waals surface area contributed by atoms with Crippen LogP contribution in [-0.2, 0) is 5.92 Å². The van der Waals surface area contributed by atoms with Gasteiger partial charge in [-0.3, -0.25) is 10.1 Å². The fraction of sp³-hybridized carbons (Fsp3) is 0.294. The van der Waals surface area contributed by atoms with Crippen molar-refractivity contribution in [2.75, 3.05) is 0 Å². The van der Waals surface area contributed by atoms with E-state index in [1.54, 1.807) is 0 Å². The molecular formula is C17H16ClF2NO3. The van der Waals surface area contributed by atoms with Gasteiger partial charge in [-0.1, -0.05) is 44.5 Å². The van der Waals surface area contributed by atoms with Crippen molar-refractivity contribution in [2.45, 2.75) is 26.7 Å². The van der Waals surface area contributed by atoms with Crippen LogP contribution in [0.1, 0.15) is 26.3 Å². The average Bonchev–Trinajstić information content (AvgIpc) is 2.48. The van der Waals surface area contributed by atoms with Gasteiger partial charge in [0, 0.05) is 23.1 Å². The predicted molar refractivity (Wildman–Crippen MR) is 88.0 cm³/mol. The quantitative estimate of drug-likeness (QED) is 0.486. The third-order valence-corrected chi connectivity index (χ3v) is 3.79. The smallest absolute Gasteiger partial charge is 0.278 e. The number of hydrogen-bond acceptors (Lipinski definition) is 3. The molecule has 0 saturated heterocycles. The van der Waals surface area contributed by atoms with Gasteiger partial charge in [0.25, 0.3) is 11.6 Å². The minimum absolute atomic E-state index is 0.0252. The summed E-state index contributed by atoms with van der Waals surface area (Å²) in [7, 11) is 0. The number of benzene rings is 2. The Hall–Kier alpha value is -2.21. The first kappa shape index (κ1) is 18.1. The Bertz CT molecular complexity index is 773. The van der Waals surface area contributed by atoms with Crippen LogP contribution in [0, 0.1) is 15.5 Å². The minimum atomic E-state index is -3.05. The summed E-state index contributed by atoms with van der Waals surface area (Å²) in [5.41, 5.74) is -1.61. The highest BCUT2D eigenvalue weighted by Gasteiger charge is 2.44. The molecule has 0 fully saturated rings. The highest BCUT2D eigenvalue weighted by molar-refractivity contribution is 6.32. The molecule has 0 aliphatic carbocycles. The Kier molecular flexibility index (Phi) is 4.80. The van der Waals surface area contributed by atoms with Crippen LogP contribution in [0.5, 0.6) is 11.5 Å². The molecule has 0 aromatic heterocycles. The molecule has 0 atom stereocenters. The fourth-order valence-electron chi connectivity index (χ4n) is 2.00. The summed E-state index contributed by atoms with van der Waals surface area (Å²) in [6.07, 6.45) is 0. The van der Waals surface area contributed by atoms with Crippen LogP contribution in [0.4, 0.5) is 14.5 Å². The van der Waals surface area contributed by atoms with Crippen molar-refractivity contribution in [2.24, 2.45) is 5.41 Å². The molecular weight excluding hydrogens is 340 g/mol. The number of nitro benzene ring substituents is 1. The first-order valence-electron chi connectivity index (χ1n) is 7.12. The third kappa shape index (κ3) is 3.64. The standard InChI is InChI=1S/C17H16ClF2NO3/c1-16(2,3)17(19,20)11-5-4-6-13(9-11)24-15-8-7-12(21(22)23)10-14(15)18/h4-10H,1-3H3. The van der Waals surface area contributed by atoms with Crippen molar-refractivity contribution in [1.29, 1.82) is 0 Å². The van der Waals surface area contributed by atoms with E-state index in [4.69, 9.17) is 16.3 Å². The summed E-state index contributed by atoms with van der Waals surface area (Å²) in [6.45, 7) is 4.36. The van der Waals surface area contributed by atoms with Gasteiger partial charge in [-0.15, -0.1) is 0 Å². The van der Waals surface area contributed by atoms with Gasteiger partial charge in [-0.2, -0.15) is 0 Å². The van der Waals surface area contributed by atoms with Gasteiger partial charge in [0.15, 0.2) is 0 Å². The zero-order valence-electron chi connectivity index (χ0n) is 13.3. The summed E-state index contributed by atoms with van der Waals surface area (Å²) >= 11 is 5.95. The molecule has 24 heavy (non-hydrogen) atoms. The predicted octanol–water partition coefficient (Wildman–Crippen LogP) is 6.18. The van der Waals surface area contributed by atoms with Gasteiger partial charge in [0.2, 0.25) is 0 Å². The molecule has 0 amide bonds. The Morgan fingerprint density at radius 3 is 2.33 bits per heavy atom. The maximum absolute atomic E-state index is 14.4. The maximum atomic E-state index is 14.4. The lowest BCUT2D eigenvalue weighted by molar-refractivity contribution is -0.384. The van der Waals surface area contributed by atoms with Gasteiger partial charge in [0.05, 0.1) is 9.95 Å². The van der Waals surface area contributed by atoms with E-state index in [0.29, 0.717) is 0 Å².